The first-order valence-electron chi connectivity index (χ1n) is 12.7. The summed E-state index contributed by atoms with van der Waals surface area (Å²) in [5.74, 6) is 0.758. The Hall–Kier alpha value is -4.85. The van der Waals surface area contributed by atoms with E-state index in [1.165, 1.54) is 0 Å². The normalized spacial score (nSPS) is 14.2. The van der Waals surface area contributed by atoms with Crippen molar-refractivity contribution in [1.29, 1.82) is 0 Å². The van der Waals surface area contributed by atoms with Gasteiger partial charge in [0, 0.05) is 23.7 Å². The van der Waals surface area contributed by atoms with Crippen LogP contribution in [0.25, 0.3) is 44.1 Å². The summed E-state index contributed by atoms with van der Waals surface area (Å²) in [5, 5.41) is 12.2. The molecule has 0 atom stereocenters. The minimum absolute atomic E-state index is 0.0746. The lowest BCUT2D eigenvalue weighted by Crippen LogP contribution is -2.17. The fraction of sp³-hybridized carbons (Fsp3) is 0.167. The summed E-state index contributed by atoms with van der Waals surface area (Å²) in [6, 6.07) is 22.3. The van der Waals surface area contributed by atoms with Gasteiger partial charge in [0.1, 0.15) is 22.6 Å². The number of hydrogen-bond donors (Lipinski definition) is 0. The van der Waals surface area contributed by atoms with Crippen molar-refractivity contribution < 1.29 is 13.6 Å². The zero-order valence-electron chi connectivity index (χ0n) is 20.4. The van der Waals surface area contributed by atoms with Crippen LogP contribution in [0.4, 0.5) is 0 Å². The van der Waals surface area contributed by atoms with Crippen LogP contribution in [0.1, 0.15) is 35.4 Å². The van der Waals surface area contributed by atoms with Crippen molar-refractivity contribution >= 4 is 38.6 Å². The van der Waals surface area contributed by atoms with Crippen LogP contribution < -0.4 is 11.2 Å². The van der Waals surface area contributed by atoms with E-state index in [1.807, 2.05) is 60.7 Å². The summed E-state index contributed by atoms with van der Waals surface area (Å²) in [4.78, 5) is 30.6. The maximum absolute atomic E-state index is 13.5. The number of amides is 1. The SMILES string of the molecule is O=C(N=c1oc2ccccc2cc1-c1nnc2n1CCCCC2)c1cc2c(ccc3ccccc32)oc1=O. The van der Waals surface area contributed by atoms with Gasteiger partial charge in [-0.2, -0.15) is 4.99 Å². The lowest BCUT2D eigenvalue weighted by Gasteiger charge is -2.08. The van der Waals surface area contributed by atoms with E-state index in [9.17, 15) is 9.59 Å². The molecule has 8 heteroatoms. The second kappa shape index (κ2) is 8.92. The van der Waals surface area contributed by atoms with E-state index < -0.39 is 11.5 Å². The van der Waals surface area contributed by atoms with Crippen molar-refractivity contribution in [2.24, 2.45) is 4.99 Å². The number of benzene rings is 3. The third-order valence-electron chi connectivity index (χ3n) is 7.08. The summed E-state index contributed by atoms with van der Waals surface area (Å²) in [5.41, 5.74) is 0.685. The van der Waals surface area contributed by atoms with Crippen molar-refractivity contribution in [2.45, 2.75) is 32.2 Å². The molecule has 8 nitrogen and oxygen atoms in total. The van der Waals surface area contributed by atoms with Crippen LogP contribution in [0, 0.1) is 0 Å². The molecule has 38 heavy (non-hydrogen) atoms. The molecule has 0 aliphatic carbocycles. The quantitative estimate of drug-likeness (QED) is 0.231. The molecule has 6 aromatic rings. The lowest BCUT2D eigenvalue weighted by atomic mass is 10.0. The van der Waals surface area contributed by atoms with Gasteiger partial charge in [0.25, 0.3) is 5.91 Å². The largest absolute Gasteiger partial charge is 0.437 e. The number of rotatable bonds is 2. The van der Waals surface area contributed by atoms with Gasteiger partial charge in [0.05, 0.1) is 5.56 Å². The van der Waals surface area contributed by atoms with Gasteiger partial charge in [-0.3, -0.25) is 4.79 Å². The second-order valence-electron chi connectivity index (χ2n) is 9.47. The highest BCUT2D eigenvalue weighted by Crippen LogP contribution is 2.26. The van der Waals surface area contributed by atoms with Crippen molar-refractivity contribution in [3.8, 4) is 11.4 Å². The molecule has 1 amide bonds. The van der Waals surface area contributed by atoms with Crippen LogP contribution in [0.3, 0.4) is 0 Å². The number of carbonyl (C=O) groups is 1. The number of nitrogens with zero attached hydrogens (tertiary/aromatic N) is 4. The summed E-state index contributed by atoms with van der Waals surface area (Å²) < 4.78 is 13.7. The predicted molar refractivity (Wildman–Crippen MR) is 143 cm³/mol. The molecule has 3 aromatic carbocycles. The molecule has 0 radical (unpaired) electrons. The van der Waals surface area contributed by atoms with Gasteiger partial charge in [-0.1, -0.05) is 55.0 Å². The molecule has 0 bridgehead atoms. The molecule has 0 saturated carbocycles. The average molecular weight is 503 g/mol. The van der Waals surface area contributed by atoms with Crippen LogP contribution >= 0.6 is 0 Å². The van der Waals surface area contributed by atoms with E-state index in [0.717, 1.165) is 54.2 Å². The van der Waals surface area contributed by atoms with E-state index in [4.69, 9.17) is 8.83 Å². The molecule has 0 unspecified atom stereocenters. The standard InChI is InChI=1S/C30H22N4O4/c35-28(23-17-21-20-10-5-3-8-18(20)13-14-25(21)38-30(23)36)31-29-22(16-19-9-4-6-11-24(19)37-29)27-33-32-26-12-2-1-7-15-34(26)27/h3-6,8-11,13-14,16-17H,1-2,7,12,15H2. The van der Waals surface area contributed by atoms with Crippen molar-refractivity contribution in [3.63, 3.8) is 0 Å². The van der Waals surface area contributed by atoms with Gasteiger partial charge in [0.15, 0.2) is 5.82 Å². The minimum Gasteiger partial charge on any atom is -0.437 e. The first-order valence-corrected chi connectivity index (χ1v) is 12.7. The van der Waals surface area contributed by atoms with Crippen LogP contribution in [-0.4, -0.2) is 20.7 Å². The Labute approximate surface area is 215 Å². The first-order chi connectivity index (χ1) is 18.7. The van der Waals surface area contributed by atoms with E-state index >= 15 is 0 Å². The Bertz CT molecular complexity index is 2020. The first kappa shape index (κ1) is 22.4. The molecule has 186 valence electrons. The van der Waals surface area contributed by atoms with Crippen molar-refractivity contribution in [2.75, 3.05) is 0 Å². The Balaban J connectivity index is 1.44. The molecular formula is C30H22N4O4. The van der Waals surface area contributed by atoms with Crippen LogP contribution in [0.5, 0.6) is 0 Å². The number of para-hydroxylation sites is 1. The number of carbonyl (C=O) groups excluding carboxylic acids is 1. The van der Waals surface area contributed by atoms with E-state index in [1.54, 1.807) is 12.1 Å². The van der Waals surface area contributed by atoms with E-state index in [-0.39, 0.29) is 11.1 Å². The molecule has 0 N–H and O–H groups in total. The highest BCUT2D eigenvalue weighted by Gasteiger charge is 2.21. The minimum atomic E-state index is -0.750. The van der Waals surface area contributed by atoms with Gasteiger partial charge in [-0.15, -0.1) is 10.2 Å². The summed E-state index contributed by atoms with van der Waals surface area (Å²) in [6.45, 7) is 0.777. The molecule has 1 aliphatic heterocycles. The van der Waals surface area contributed by atoms with Crippen LogP contribution in [-0.2, 0) is 13.0 Å². The van der Waals surface area contributed by atoms with E-state index in [0.29, 0.717) is 27.9 Å². The number of fused-ring (bicyclic) bond motifs is 5. The van der Waals surface area contributed by atoms with Crippen LogP contribution in [0.15, 0.2) is 91.4 Å². The van der Waals surface area contributed by atoms with Crippen molar-refractivity contribution in [3.05, 3.63) is 100 Å². The van der Waals surface area contributed by atoms with Gasteiger partial charge in [0.2, 0.25) is 5.55 Å². The van der Waals surface area contributed by atoms with Crippen molar-refractivity contribution in [1.82, 2.24) is 14.8 Å². The van der Waals surface area contributed by atoms with Crippen LogP contribution in [0.2, 0.25) is 0 Å². The molecule has 7 rings (SSSR count). The summed E-state index contributed by atoms with van der Waals surface area (Å²) in [7, 11) is 0. The third-order valence-corrected chi connectivity index (χ3v) is 7.08. The maximum Gasteiger partial charge on any atom is 0.349 e. The zero-order valence-corrected chi connectivity index (χ0v) is 20.4. The van der Waals surface area contributed by atoms with Gasteiger partial charge < -0.3 is 13.4 Å². The molecule has 3 aromatic heterocycles. The topological polar surface area (TPSA) is 103 Å². The third kappa shape index (κ3) is 3.73. The Kier molecular flexibility index (Phi) is 5.25. The second-order valence-corrected chi connectivity index (χ2v) is 9.47. The fourth-order valence-corrected chi connectivity index (χ4v) is 5.17. The van der Waals surface area contributed by atoms with E-state index in [2.05, 4.69) is 19.8 Å². The fourth-order valence-electron chi connectivity index (χ4n) is 5.17. The lowest BCUT2D eigenvalue weighted by molar-refractivity contribution is 0.0991. The van der Waals surface area contributed by atoms with Gasteiger partial charge in [-0.05, 0) is 47.9 Å². The molecular weight excluding hydrogens is 480 g/mol. The summed E-state index contributed by atoms with van der Waals surface area (Å²) in [6.07, 6.45) is 4.03. The molecule has 1 aliphatic rings. The molecule has 0 spiro atoms. The number of aromatic nitrogens is 3. The average Bonchev–Trinajstić information content (AvgIpc) is 3.19. The highest BCUT2D eigenvalue weighted by molar-refractivity contribution is 6.08. The monoisotopic (exact) mass is 502 g/mol. The summed E-state index contributed by atoms with van der Waals surface area (Å²) >= 11 is 0. The smallest absolute Gasteiger partial charge is 0.349 e. The zero-order chi connectivity index (χ0) is 25.6. The Morgan fingerprint density at radius 2 is 1.66 bits per heavy atom. The number of aryl methyl sites for hydroxylation is 1. The Morgan fingerprint density at radius 1 is 0.816 bits per heavy atom. The molecule has 0 fully saturated rings. The predicted octanol–water partition coefficient (Wildman–Crippen LogP) is 5.42. The maximum atomic E-state index is 13.5. The highest BCUT2D eigenvalue weighted by atomic mass is 16.4. The number of hydrogen-bond acceptors (Lipinski definition) is 6. The molecule has 0 saturated heterocycles. The van der Waals surface area contributed by atoms with Gasteiger partial charge in [-0.25, -0.2) is 4.79 Å². The Morgan fingerprint density at radius 3 is 2.58 bits per heavy atom. The van der Waals surface area contributed by atoms with Gasteiger partial charge >= 0.3 is 5.63 Å². The molecule has 4 heterocycles.